The van der Waals surface area contributed by atoms with Crippen molar-refractivity contribution in [3.63, 3.8) is 0 Å². The number of aromatic nitrogens is 6. The minimum absolute atomic E-state index is 0.565. The van der Waals surface area contributed by atoms with Gasteiger partial charge in [0.1, 0.15) is 21.4 Å². The van der Waals surface area contributed by atoms with Crippen LogP contribution in [0.2, 0.25) is 0 Å². The Morgan fingerprint density at radius 1 is 1.09 bits per heavy atom. The molecule has 1 aliphatic heterocycles. The number of hydrogen-bond donors (Lipinski definition) is 0. The van der Waals surface area contributed by atoms with Crippen molar-refractivity contribution in [3.8, 4) is 5.75 Å². The number of ether oxygens (including phenoxy) is 2. The summed E-state index contributed by atoms with van der Waals surface area (Å²) in [4.78, 5) is 14.5. The van der Waals surface area contributed by atoms with Crippen LogP contribution in [0.1, 0.15) is 21.8 Å². The molecule has 1 aromatic carbocycles. The molecule has 172 valence electrons. The van der Waals surface area contributed by atoms with Gasteiger partial charge in [-0.1, -0.05) is 12.1 Å². The third-order valence-electron chi connectivity index (χ3n) is 5.69. The highest BCUT2D eigenvalue weighted by Crippen LogP contribution is 2.37. The van der Waals surface area contributed by atoms with Gasteiger partial charge in [0, 0.05) is 23.4 Å². The second kappa shape index (κ2) is 9.72. The summed E-state index contributed by atoms with van der Waals surface area (Å²) in [5.41, 5.74) is 2.30. The number of rotatable bonds is 7. The summed E-state index contributed by atoms with van der Waals surface area (Å²) in [6, 6.07) is 7.92. The molecule has 0 saturated carbocycles. The van der Waals surface area contributed by atoms with Crippen LogP contribution in [-0.2, 0) is 17.8 Å². The van der Waals surface area contributed by atoms with E-state index >= 15 is 0 Å². The highest BCUT2D eigenvalue weighted by Gasteiger charge is 2.20. The molecule has 0 aliphatic carbocycles. The molecule has 4 aromatic rings. The highest BCUT2D eigenvalue weighted by molar-refractivity contribution is 7.99. The number of morpholine rings is 1. The van der Waals surface area contributed by atoms with E-state index in [9.17, 15) is 0 Å². The molecule has 11 heteroatoms. The van der Waals surface area contributed by atoms with Gasteiger partial charge in [0.25, 0.3) is 0 Å². The average Bonchev–Trinajstić information content (AvgIpc) is 3.38. The minimum Gasteiger partial charge on any atom is -0.497 e. The maximum absolute atomic E-state index is 5.48. The molecule has 0 unspecified atom stereocenters. The Labute approximate surface area is 200 Å². The number of benzene rings is 1. The van der Waals surface area contributed by atoms with E-state index in [1.807, 2.05) is 24.3 Å². The fourth-order valence-corrected chi connectivity index (χ4v) is 5.79. The van der Waals surface area contributed by atoms with Gasteiger partial charge in [-0.15, -0.1) is 16.4 Å². The van der Waals surface area contributed by atoms with Crippen LogP contribution in [0.25, 0.3) is 10.2 Å². The SMILES string of the molecule is COc1ccc(Cn2nnnc2Sc2nc(CN3CCOCC3)nc3sc(C)c(C)c23)cc1. The highest BCUT2D eigenvalue weighted by atomic mass is 32.2. The monoisotopic (exact) mass is 483 g/mol. The van der Waals surface area contributed by atoms with Crippen LogP contribution in [0.5, 0.6) is 5.75 Å². The van der Waals surface area contributed by atoms with Crippen molar-refractivity contribution >= 4 is 33.3 Å². The van der Waals surface area contributed by atoms with Gasteiger partial charge < -0.3 is 9.47 Å². The van der Waals surface area contributed by atoms with Crippen LogP contribution in [-0.4, -0.2) is 68.5 Å². The van der Waals surface area contributed by atoms with Crippen molar-refractivity contribution in [2.75, 3.05) is 33.4 Å². The summed E-state index contributed by atoms with van der Waals surface area (Å²) in [5.74, 6) is 1.65. The van der Waals surface area contributed by atoms with Gasteiger partial charge in [0.05, 0.1) is 33.4 Å². The molecule has 1 saturated heterocycles. The Hall–Kier alpha value is -2.60. The summed E-state index contributed by atoms with van der Waals surface area (Å²) in [6.07, 6.45) is 0. The van der Waals surface area contributed by atoms with Gasteiger partial charge in [-0.05, 0) is 59.3 Å². The standard InChI is InChI=1S/C22H25N7O2S2/c1-14-15(2)32-20-19(14)21(24-18(23-20)13-28-8-10-31-11-9-28)33-22-25-26-27-29(22)12-16-4-6-17(30-3)7-5-16/h4-7H,8-13H2,1-3H3. The maximum atomic E-state index is 5.48. The van der Waals surface area contributed by atoms with E-state index in [2.05, 4.69) is 34.3 Å². The molecule has 33 heavy (non-hydrogen) atoms. The summed E-state index contributed by atoms with van der Waals surface area (Å²) in [5, 5.41) is 15.1. The van der Waals surface area contributed by atoms with Gasteiger partial charge in [-0.2, -0.15) is 0 Å². The van der Waals surface area contributed by atoms with Gasteiger partial charge >= 0.3 is 0 Å². The Kier molecular flexibility index (Phi) is 6.54. The van der Waals surface area contributed by atoms with Crippen molar-refractivity contribution in [2.24, 2.45) is 0 Å². The molecule has 4 heterocycles. The summed E-state index contributed by atoms with van der Waals surface area (Å²) < 4.78 is 12.5. The predicted octanol–water partition coefficient (Wildman–Crippen LogP) is 3.33. The van der Waals surface area contributed by atoms with Crippen molar-refractivity contribution < 1.29 is 9.47 Å². The molecule has 3 aromatic heterocycles. The number of thiophene rings is 1. The third-order valence-corrected chi connectivity index (χ3v) is 7.75. The van der Waals surface area contributed by atoms with Crippen LogP contribution in [0, 0.1) is 13.8 Å². The van der Waals surface area contributed by atoms with Crippen LogP contribution in [0.3, 0.4) is 0 Å². The second-order valence-electron chi connectivity index (χ2n) is 7.87. The minimum atomic E-state index is 0.565. The summed E-state index contributed by atoms with van der Waals surface area (Å²) >= 11 is 3.21. The van der Waals surface area contributed by atoms with Gasteiger partial charge in [0.2, 0.25) is 5.16 Å². The molecule has 5 rings (SSSR count). The lowest BCUT2D eigenvalue weighted by molar-refractivity contribution is 0.0330. The fraction of sp³-hybridized carbons (Fsp3) is 0.409. The van der Waals surface area contributed by atoms with E-state index in [0.717, 1.165) is 58.7 Å². The first-order valence-electron chi connectivity index (χ1n) is 10.7. The summed E-state index contributed by atoms with van der Waals surface area (Å²) in [7, 11) is 1.66. The number of nitrogens with zero attached hydrogens (tertiary/aromatic N) is 7. The quantitative estimate of drug-likeness (QED) is 0.367. The van der Waals surface area contributed by atoms with Crippen molar-refractivity contribution in [1.29, 1.82) is 0 Å². The molecular formula is C22H25N7O2S2. The molecule has 0 atom stereocenters. The van der Waals surface area contributed by atoms with Crippen molar-refractivity contribution in [2.45, 2.75) is 37.1 Å². The zero-order valence-electron chi connectivity index (χ0n) is 18.8. The fourth-order valence-electron chi connectivity index (χ4n) is 3.72. The molecule has 0 spiro atoms. The largest absolute Gasteiger partial charge is 0.497 e. The second-order valence-corrected chi connectivity index (χ2v) is 10.0. The van der Waals surface area contributed by atoms with Crippen LogP contribution in [0.15, 0.2) is 34.4 Å². The molecule has 0 amide bonds. The maximum Gasteiger partial charge on any atom is 0.215 e. The van der Waals surface area contributed by atoms with E-state index < -0.39 is 0 Å². The molecule has 9 nitrogen and oxygen atoms in total. The lowest BCUT2D eigenvalue weighted by Gasteiger charge is -2.25. The van der Waals surface area contributed by atoms with Crippen LogP contribution in [0.4, 0.5) is 0 Å². The van der Waals surface area contributed by atoms with Gasteiger partial charge in [0.15, 0.2) is 0 Å². The molecular weight excluding hydrogens is 458 g/mol. The summed E-state index contributed by atoms with van der Waals surface area (Å²) in [6.45, 7) is 8.83. The van der Waals surface area contributed by atoms with Gasteiger partial charge in [-0.3, -0.25) is 4.90 Å². The predicted molar refractivity (Wildman–Crippen MR) is 127 cm³/mol. The smallest absolute Gasteiger partial charge is 0.215 e. The number of aryl methyl sites for hydroxylation is 2. The molecule has 0 bridgehead atoms. The van der Waals surface area contributed by atoms with E-state index in [0.29, 0.717) is 18.2 Å². The average molecular weight is 484 g/mol. The first kappa shape index (κ1) is 22.2. The van der Waals surface area contributed by atoms with Crippen LogP contribution >= 0.6 is 23.1 Å². The molecule has 1 fully saturated rings. The number of fused-ring (bicyclic) bond motifs is 1. The van der Waals surface area contributed by atoms with Gasteiger partial charge in [-0.25, -0.2) is 14.6 Å². The number of hydrogen-bond acceptors (Lipinski definition) is 10. The first-order valence-corrected chi connectivity index (χ1v) is 12.4. The Morgan fingerprint density at radius 2 is 1.88 bits per heavy atom. The number of methoxy groups -OCH3 is 1. The van der Waals surface area contributed by atoms with E-state index in [4.69, 9.17) is 19.4 Å². The lowest BCUT2D eigenvalue weighted by atomic mass is 10.2. The zero-order chi connectivity index (χ0) is 22.8. The third kappa shape index (κ3) is 4.86. The molecule has 1 aliphatic rings. The zero-order valence-corrected chi connectivity index (χ0v) is 20.4. The first-order chi connectivity index (χ1) is 16.1. The normalized spacial score (nSPS) is 14.8. The number of tetrazole rings is 1. The topological polar surface area (TPSA) is 91.1 Å². The van der Waals surface area contributed by atoms with Crippen molar-refractivity contribution in [3.05, 3.63) is 46.1 Å². The van der Waals surface area contributed by atoms with E-state index in [1.54, 1.807) is 23.1 Å². The van der Waals surface area contributed by atoms with Crippen molar-refractivity contribution in [1.82, 2.24) is 35.1 Å². The Bertz CT molecular complexity index is 1250. The lowest BCUT2D eigenvalue weighted by Crippen LogP contribution is -2.36. The van der Waals surface area contributed by atoms with E-state index in [1.165, 1.54) is 22.2 Å². The molecule has 0 radical (unpaired) electrons. The molecule has 0 N–H and O–H groups in total. The Balaban J connectivity index is 1.45. The van der Waals surface area contributed by atoms with E-state index in [-0.39, 0.29) is 0 Å². The van der Waals surface area contributed by atoms with Crippen LogP contribution < -0.4 is 4.74 Å². The Morgan fingerprint density at radius 3 is 2.64 bits per heavy atom.